The fraction of sp³-hybridized carbons (Fsp3) is 0.393. The Labute approximate surface area is 203 Å². The summed E-state index contributed by atoms with van der Waals surface area (Å²) in [4.78, 5) is 26.8. The van der Waals surface area contributed by atoms with E-state index in [4.69, 9.17) is 4.98 Å². The Kier molecular flexibility index (Phi) is 7.15. The van der Waals surface area contributed by atoms with Crippen LogP contribution in [-0.2, 0) is 6.42 Å². The van der Waals surface area contributed by atoms with Gasteiger partial charge >= 0.3 is 6.03 Å². The van der Waals surface area contributed by atoms with Crippen molar-refractivity contribution in [3.05, 3.63) is 81.8 Å². The highest BCUT2D eigenvalue weighted by Crippen LogP contribution is 2.26. The van der Waals surface area contributed by atoms with Crippen LogP contribution < -0.4 is 10.2 Å². The van der Waals surface area contributed by atoms with E-state index in [1.807, 2.05) is 30.9 Å². The fourth-order valence-corrected chi connectivity index (χ4v) is 4.58. The van der Waals surface area contributed by atoms with Crippen LogP contribution in [0.4, 0.5) is 16.3 Å². The first-order valence-electron chi connectivity index (χ1n) is 12.1. The molecular formula is C28H35N5O. The SMILES string of the molecule is Cc1ccc(Cc2c(C)nc(C)nc2N2CCCN(C(=O)Nc3ccc(C)cc3C)CC2)cc1. The van der Waals surface area contributed by atoms with Crippen LogP contribution in [0.25, 0.3) is 0 Å². The smallest absolute Gasteiger partial charge is 0.321 e. The Morgan fingerprint density at radius 2 is 1.62 bits per heavy atom. The number of nitrogens with one attached hydrogen (secondary N) is 1. The molecule has 1 saturated heterocycles. The minimum absolute atomic E-state index is 0.0382. The number of carbonyl (C=O) groups excluding carboxylic acids is 1. The zero-order chi connectivity index (χ0) is 24.2. The number of amides is 2. The van der Waals surface area contributed by atoms with E-state index in [-0.39, 0.29) is 6.03 Å². The fourth-order valence-electron chi connectivity index (χ4n) is 4.58. The number of carbonyl (C=O) groups is 1. The monoisotopic (exact) mass is 457 g/mol. The van der Waals surface area contributed by atoms with Gasteiger partial charge in [0.05, 0.1) is 0 Å². The lowest BCUT2D eigenvalue weighted by Crippen LogP contribution is -2.38. The van der Waals surface area contributed by atoms with Crippen LogP contribution >= 0.6 is 0 Å². The zero-order valence-corrected chi connectivity index (χ0v) is 21.0. The van der Waals surface area contributed by atoms with E-state index in [0.29, 0.717) is 6.54 Å². The molecule has 0 radical (unpaired) electrons. The second-order valence-corrected chi connectivity index (χ2v) is 9.40. The lowest BCUT2D eigenvalue weighted by atomic mass is 10.0. The van der Waals surface area contributed by atoms with E-state index < -0.39 is 0 Å². The summed E-state index contributed by atoms with van der Waals surface area (Å²) in [6.45, 7) is 13.2. The van der Waals surface area contributed by atoms with Gasteiger partial charge in [-0.05, 0) is 58.2 Å². The number of hydrogen-bond acceptors (Lipinski definition) is 4. The maximum absolute atomic E-state index is 13.0. The standard InChI is InChI=1S/C28H35N5O/c1-19-7-10-24(11-8-19)18-25-22(4)29-23(5)30-27(25)32-13-6-14-33(16-15-32)28(34)31-26-12-9-20(2)17-21(26)3/h7-12,17H,6,13-16,18H2,1-5H3,(H,31,34). The third kappa shape index (κ3) is 5.56. The van der Waals surface area contributed by atoms with Gasteiger partial charge in [0.15, 0.2) is 0 Å². The van der Waals surface area contributed by atoms with Crippen molar-refractivity contribution in [3.63, 3.8) is 0 Å². The summed E-state index contributed by atoms with van der Waals surface area (Å²) >= 11 is 0. The molecule has 0 unspecified atom stereocenters. The molecule has 34 heavy (non-hydrogen) atoms. The Morgan fingerprint density at radius 1 is 0.882 bits per heavy atom. The number of anilines is 2. The molecule has 0 atom stereocenters. The predicted molar refractivity (Wildman–Crippen MR) is 139 cm³/mol. The van der Waals surface area contributed by atoms with Crippen molar-refractivity contribution in [3.8, 4) is 0 Å². The Morgan fingerprint density at radius 3 is 2.35 bits per heavy atom. The molecule has 6 nitrogen and oxygen atoms in total. The molecule has 1 N–H and O–H groups in total. The molecule has 0 spiro atoms. The molecule has 3 aromatic rings. The van der Waals surface area contributed by atoms with Gasteiger partial charge in [0, 0.05) is 49.5 Å². The van der Waals surface area contributed by atoms with E-state index in [0.717, 1.165) is 61.1 Å². The first-order valence-corrected chi connectivity index (χ1v) is 12.1. The number of hydrogen-bond donors (Lipinski definition) is 1. The van der Waals surface area contributed by atoms with Crippen LogP contribution in [0.3, 0.4) is 0 Å². The molecule has 0 aliphatic carbocycles. The van der Waals surface area contributed by atoms with Gasteiger partial charge in [0.25, 0.3) is 0 Å². The van der Waals surface area contributed by atoms with E-state index in [9.17, 15) is 4.79 Å². The lowest BCUT2D eigenvalue weighted by molar-refractivity contribution is 0.215. The zero-order valence-electron chi connectivity index (χ0n) is 21.0. The summed E-state index contributed by atoms with van der Waals surface area (Å²) in [6.07, 6.45) is 1.70. The quantitative estimate of drug-likeness (QED) is 0.573. The highest BCUT2D eigenvalue weighted by molar-refractivity contribution is 5.90. The van der Waals surface area contributed by atoms with E-state index in [2.05, 4.69) is 66.3 Å². The average Bonchev–Trinajstić information content (AvgIpc) is 3.05. The number of rotatable bonds is 4. The normalized spacial score (nSPS) is 14.1. The largest absolute Gasteiger partial charge is 0.354 e. The molecule has 1 fully saturated rings. The van der Waals surface area contributed by atoms with Gasteiger partial charge < -0.3 is 15.1 Å². The molecule has 0 saturated carbocycles. The second kappa shape index (κ2) is 10.2. The highest BCUT2D eigenvalue weighted by atomic mass is 16.2. The van der Waals surface area contributed by atoms with Crippen LogP contribution in [0.15, 0.2) is 42.5 Å². The molecule has 178 valence electrons. The summed E-state index contributed by atoms with van der Waals surface area (Å²) in [7, 11) is 0. The van der Waals surface area contributed by atoms with Crippen LogP contribution in [0.2, 0.25) is 0 Å². The highest BCUT2D eigenvalue weighted by Gasteiger charge is 2.23. The van der Waals surface area contributed by atoms with Crippen molar-refractivity contribution in [1.82, 2.24) is 14.9 Å². The van der Waals surface area contributed by atoms with Gasteiger partial charge in [-0.25, -0.2) is 14.8 Å². The topological polar surface area (TPSA) is 61.4 Å². The summed E-state index contributed by atoms with van der Waals surface area (Å²) < 4.78 is 0. The summed E-state index contributed by atoms with van der Waals surface area (Å²) in [5, 5.41) is 3.10. The number of aromatic nitrogens is 2. The van der Waals surface area contributed by atoms with Crippen molar-refractivity contribution in [1.29, 1.82) is 0 Å². The molecule has 4 rings (SSSR count). The molecule has 2 heterocycles. The molecule has 6 heteroatoms. The molecule has 2 amide bonds. The first kappa shape index (κ1) is 23.7. The Balaban J connectivity index is 1.50. The van der Waals surface area contributed by atoms with Crippen LogP contribution in [0, 0.1) is 34.6 Å². The molecule has 1 aliphatic rings. The molecule has 2 aromatic carbocycles. The van der Waals surface area contributed by atoms with Gasteiger partial charge in [-0.2, -0.15) is 0 Å². The van der Waals surface area contributed by atoms with Gasteiger partial charge in [-0.15, -0.1) is 0 Å². The van der Waals surface area contributed by atoms with Crippen molar-refractivity contribution >= 4 is 17.5 Å². The van der Waals surface area contributed by atoms with Crippen LogP contribution in [0.1, 0.15) is 45.8 Å². The van der Waals surface area contributed by atoms with Gasteiger partial charge in [-0.3, -0.25) is 0 Å². The van der Waals surface area contributed by atoms with Crippen molar-refractivity contribution in [2.75, 3.05) is 36.4 Å². The average molecular weight is 458 g/mol. The molecule has 0 bridgehead atoms. The van der Waals surface area contributed by atoms with E-state index in [1.165, 1.54) is 22.3 Å². The Hall–Kier alpha value is -3.41. The maximum atomic E-state index is 13.0. The number of benzene rings is 2. The van der Waals surface area contributed by atoms with Crippen molar-refractivity contribution in [2.24, 2.45) is 0 Å². The predicted octanol–water partition coefficient (Wildman–Crippen LogP) is 5.35. The van der Waals surface area contributed by atoms with Gasteiger partial charge in [0.1, 0.15) is 11.6 Å². The Bertz CT molecular complexity index is 1170. The third-order valence-electron chi connectivity index (χ3n) is 6.51. The van der Waals surface area contributed by atoms with Crippen molar-refractivity contribution < 1.29 is 4.79 Å². The summed E-state index contributed by atoms with van der Waals surface area (Å²) in [5.74, 6) is 1.79. The number of aryl methyl sites for hydroxylation is 5. The maximum Gasteiger partial charge on any atom is 0.321 e. The number of nitrogens with zero attached hydrogens (tertiary/aromatic N) is 4. The van der Waals surface area contributed by atoms with Crippen LogP contribution in [-0.4, -0.2) is 47.1 Å². The summed E-state index contributed by atoms with van der Waals surface area (Å²) in [5.41, 5.74) is 7.85. The minimum Gasteiger partial charge on any atom is -0.354 e. The third-order valence-corrected chi connectivity index (χ3v) is 6.51. The van der Waals surface area contributed by atoms with Crippen molar-refractivity contribution in [2.45, 2.75) is 47.5 Å². The lowest BCUT2D eigenvalue weighted by Gasteiger charge is -2.26. The van der Waals surface area contributed by atoms with E-state index >= 15 is 0 Å². The first-order chi connectivity index (χ1) is 16.3. The molecule has 1 aromatic heterocycles. The minimum atomic E-state index is -0.0382. The van der Waals surface area contributed by atoms with Gasteiger partial charge in [-0.1, -0.05) is 47.5 Å². The molecular weight excluding hydrogens is 422 g/mol. The van der Waals surface area contributed by atoms with Gasteiger partial charge in [0.2, 0.25) is 0 Å². The van der Waals surface area contributed by atoms with Crippen LogP contribution in [0.5, 0.6) is 0 Å². The van der Waals surface area contributed by atoms with E-state index in [1.54, 1.807) is 0 Å². The summed E-state index contributed by atoms with van der Waals surface area (Å²) in [6, 6.07) is 14.7. The molecule has 1 aliphatic heterocycles. The second-order valence-electron chi connectivity index (χ2n) is 9.40. The number of urea groups is 1.